The number of benzene rings is 1. The summed E-state index contributed by atoms with van der Waals surface area (Å²) in [6, 6.07) is 7.25. The molecule has 1 amide bonds. The first-order valence-electron chi connectivity index (χ1n) is 16.8. The highest BCUT2D eigenvalue weighted by Gasteiger charge is 2.44. The van der Waals surface area contributed by atoms with Gasteiger partial charge in [0.1, 0.15) is 12.4 Å². The van der Waals surface area contributed by atoms with Gasteiger partial charge in [-0.3, -0.25) is 19.2 Å². The molecule has 4 atom stereocenters. The Morgan fingerprint density at radius 2 is 1.60 bits per heavy atom. The predicted molar refractivity (Wildman–Crippen MR) is 173 cm³/mol. The van der Waals surface area contributed by atoms with Crippen molar-refractivity contribution in [2.24, 2.45) is 29.1 Å². The predicted octanol–water partition coefficient (Wildman–Crippen LogP) is 6.31. The normalized spacial score (nSPS) is 16.9. The third kappa shape index (κ3) is 11.7. The van der Waals surface area contributed by atoms with Crippen molar-refractivity contribution in [3.8, 4) is 5.75 Å². The van der Waals surface area contributed by atoms with E-state index < -0.39 is 35.2 Å². The van der Waals surface area contributed by atoms with E-state index in [0.717, 1.165) is 57.2 Å². The topological polar surface area (TPSA) is 119 Å². The van der Waals surface area contributed by atoms with Crippen molar-refractivity contribution in [3.63, 3.8) is 0 Å². The Morgan fingerprint density at radius 1 is 0.956 bits per heavy atom. The van der Waals surface area contributed by atoms with Gasteiger partial charge in [-0.25, -0.2) is 0 Å². The molecule has 2 rings (SSSR count). The zero-order chi connectivity index (χ0) is 33.6. The second-order valence-corrected chi connectivity index (χ2v) is 13.6. The summed E-state index contributed by atoms with van der Waals surface area (Å²) in [4.78, 5) is 55.1. The molecule has 1 saturated heterocycles. The van der Waals surface area contributed by atoms with Gasteiger partial charge in [0.05, 0.1) is 36.9 Å². The molecule has 1 aliphatic rings. The Kier molecular flexibility index (Phi) is 16.1. The molecular weight excluding hydrogens is 574 g/mol. The fraction of sp³-hybridized carbons (Fsp3) is 0.722. The summed E-state index contributed by atoms with van der Waals surface area (Å²) < 4.78 is 16.3. The van der Waals surface area contributed by atoms with Crippen molar-refractivity contribution in [1.82, 2.24) is 4.90 Å². The Bertz CT molecular complexity index is 1080. The van der Waals surface area contributed by atoms with Crippen LogP contribution in [0.4, 0.5) is 0 Å². The molecule has 0 bridgehead atoms. The van der Waals surface area contributed by atoms with E-state index in [1.807, 2.05) is 44.7 Å². The SMILES string of the molecule is CCCCC(C(=O)N1CCCCC1)c1ccc(OC(=O)[C@H](CC(C)C)CC(C)(C[C@@H](C(=O)OCCO)C(C)C)C(=O)OC)cc1. The second-order valence-electron chi connectivity index (χ2n) is 13.6. The maximum atomic E-state index is 13.7. The molecule has 0 aliphatic carbocycles. The maximum Gasteiger partial charge on any atom is 0.314 e. The largest absolute Gasteiger partial charge is 0.469 e. The number of piperidine rings is 1. The second kappa shape index (κ2) is 18.9. The maximum absolute atomic E-state index is 13.7. The Morgan fingerprint density at radius 3 is 2.13 bits per heavy atom. The van der Waals surface area contributed by atoms with Crippen LogP contribution < -0.4 is 4.74 Å². The summed E-state index contributed by atoms with van der Waals surface area (Å²) in [5.74, 6) is -2.39. The highest BCUT2D eigenvalue weighted by atomic mass is 16.5. The molecule has 254 valence electrons. The first-order chi connectivity index (χ1) is 21.4. The lowest BCUT2D eigenvalue weighted by Gasteiger charge is -2.34. The number of likely N-dealkylation sites (tertiary alicyclic amines) is 1. The molecule has 0 aromatic heterocycles. The molecule has 9 heteroatoms. The molecule has 1 aromatic carbocycles. The van der Waals surface area contributed by atoms with Crippen molar-refractivity contribution in [2.45, 2.75) is 105 Å². The number of amides is 1. The lowest BCUT2D eigenvalue weighted by atomic mass is 9.71. The number of hydrogen-bond donors (Lipinski definition) is 1. The molecule has 1 aromatic rings. The molecule has 1 heterocycles. The molecule has 1 aliphatic heterocycles. The Hall–Kier alpha value is -2.94. The van der Waals surface area contributed by atoms with Crippen molar-refractivity contribution < 1.29 is 38.5 Å². The van der Waals surface area contributed by atoms with Crippen molar-refractivity contribution in [3.05, 3.63) is 29.8 Å². The first-order valence-corrected chi connectivity index (χ1v) is 16.8. The summed E-state index contributed by atoms with van der Waals surface area (Å²) in [6.45, 7) is 12.8. The number of unbranched alkanes of at least 4 members (excludes halogenated alkanes) is 1. The number of ether oxygens (including phenoxy) is 3. The number of nitrogens with zero attached hydrogens (tertiary/aromatic N) is 1. The van der Waals surface area contributed by atoms with Crippen LogP contribution in [-0.4, -0.2) is 67.2 Å². The minimum absolute atomic E-state index is 0.121. The number of aliphatic hydroxyl groups excluding tert-OH is 1. The average Bonchev–Trinajstić information content (AvgIpc) is 3.02. The molecular formula is C36H57NO8. The minimum Gasteiger partial charge on any atom is -0.469 e. The number of hydrogen-bond acceptors (Lipinski definition) is 8. The van der Waals surface area contributed by atoms with Crippen LogP contribution in [0.2, 0.25) is 0 Å². The zero-order valence-electron chi connectivity index (χ0n) is 28.6. The van der Waals surface area contributed by atoms with Crippen LogP contribution in [0.25, 0.3) is 0 Å². The lowest BCUT2D eigenvalue weighted by Crippen LogP contribution is -2.39. The molecule has 1 N–H and O–H groups in total. The summed E-state index contributed by atoms with van der Waals surface area (Å²) in [6.07, 6.45) is 6.72. The van der Waals surface area contributed by atoms with E-state index in [9.17, 15) is 19.2 Å². The van der Waals surface area contributed by atoms with Gasteiger partial charge in [-0.1, -0.05) is 59.6 Å². The quantitative estimate of drug-likeness (QED) is 0.148. The van der Waals surface area contributed by atoms with Crippen LogP contribution >= 0.6 is 0 Å². The van der Waals surface area contributed by atoms with E-state index in [1.54, 1.807) is 19.1 Å². The Labute approximate surface area is 270 Å². The van der Waals surface area contributed by atoms with E-state index in [1.165, 1.54) is 7.11 Å². The molecule has 0 saturated carbocycles. The third-order valence-corrected chi connectivity index (χ3v) is 8.89. The molecule has 0 radical (unpaired) electrons. The molecule has 0 spiro atoms. The monoisotopic (exact) mass is 631 g/mol. The lowest BCUT2D eigenvalue weighted by molar-refractivity contribution is -0.160. The third-order valence-electron chi connectivity index (χ3n) is 8.89. The van der Waals surface area contributed by atoms with Gasteiger partial charge >= 0.3 is 17.9 Å². The van der Waals surface area contributed by atoms with Gasteiger partial charge in [-0.05, 0) is 81.4 Å². The number of carbonyl (C=O) groups is 4. The highest BCUT2D eigenvalue weighted by molar-refractivity contribution is 5.84. The Balaban J connectivity index is 2.27. The van der Waals surface area contributed by atoms with E-state index in [-0.39, 0.29) is 49.7 Å². The van der Waals surface area contributed by atoms with Crippen LogP contribution in [0.3, 0.4) is 0 Å². The molecule has 1 fully saturated rings. The van der Waals surface area contributed by atoms with E-state index >= 15 is 0 Å². The smallest absolute Gasteiger partial charge is 0.314 e. The zero-order valence-corrected chi connectivity index (χ0v) is 28.6. The fourth-order valence-electron chi connectivity index (χ4n) is 6.35. The number of esters is 3. The summed E-state index contributed by atoms with van der Waals surface area (Å²) >= 11 is 0. The summed E-state index contributed by atoms with van der Waals surface area (Å²) in [5.41, 5.74) is -0.241. The number of methoxy groups -OCH3 is 1. The van der Waals surface area contributed by atoms with Crippen LogP contribution in [0.15, 0.2) is 24.3 Å². The molecule has 45 heavy (non-hydrogen) atoms. The van der Waals surface area contributed by atoms with Crippen molar-refractivity contribution in [2.75, 3.05) is 33.4 Å². The van der Waals surface area contributed by atoms with Gasteiger partial charge < -0.3 is 24.2 Å². The van der Waals surface area contributed by atoms with Gasteiger partial charge in [0, 0.05) is 13.1 Å². The van der Waals surface area contributed by atoms with Crippen LogP contribution in [0.1, 0.15) is 111 Å². The van der Waals surface area contributed by atoms with E-state index in [2.05, 4.69) is 6.92 Å². The van der Waals surface area contributed by atoms with Crippen LogP contribution in [0, 0.1) is 29.1 Å². The number of aliphatic hydroxyl groups is 1. The molecule has 9 nitrogen and oxygen atoms in total. The van der Waals surface area contributed by atoms with Crippen LogP contribution in [0.5, 0.6) is 5.75 Å². The number of carbonyl (C=O) groups excluding carboxylic acids is 4. The van der Waals surface area contributed by atoms with Gasteiger partial charge in [0.2, 0.25) is 5.91 Å². The van der Waals surface area contributed by atoms with Gasteiger partial charge in [-0.2, -0.15) is 0 Å². The minimum atomic E-state index is -1.16. The van der Waals surface area contributed by atoms with Crippen molar-refractivity contribution in [1.29, 1.82) is 0 Å². The highest BCUT2D eigenvalue weighted by Crippen LogP contribution is 2.40. The van der Waals surface area contributed by atoms with Crippen LogP contribution in [-0.2, 0) is 28.7 Å². The summed E-state index contributed by atoms with van der Waals surface area (Å²) in [5, 5.41) is 9.11. The first kappa shape index (κ1) is 38.2. The van der Waals surface area contributed by atoms with E-state index in [0.29, 0.717) is 12.2 Å². The standard InChI is InChI=1S/C36H57NO8/c1-8-9-13-30(32(39)37-18-11-10-12-19-37)27-14-16-29(17-15-27)45-33(40)28(22-25(2)3)23-36(6,35(42)43-7)24-31(26(4)5)34(41)44-21-20-38/h14-17,25-26,28,30-31,38H,8-13,18-24H2,1-7H3/t28-,30?,31-,36?/m1/s1. The average molecular weight is 632 g/mol. The number of rotatable bonds is 18. The van der Waals surface area contributed by atoms with E-state index in [4.69, 9.17) is 19.3 Å². The molecule has 2 unspecified atom stereocenters. The summed E-state index contributed by atoms with van der Waals surface area (Å²) in [7, 11) is 1.30. The van der Waals surface area contributed by atoms with Gasteiger partial charge in [0.25, 0.3) is 0 Å². The fourth-order valence-corrected chi connectivity index (χ4v) is 6.35. The van der Waals surface area contributed by atoms with Crippen molar-refractivity contribution >= 4 is 23.8 Å². The van der Waals surface area contributed by atoms with Gasteiger partial charge in [0.15, 0.2) is 0 Å². The van der Waals surface area contributed by atoms with Gasteiger partial charge in [-0.15, -0.1) is 0 Å².